The normalized spacial score (nSPS) is 15.2. The third kappa shape index (κ3) is 4.85. The molecule has 0 saturated heterocycles. The molecule has 3 nitrogen and oxygen atoms in total. The summed E-state index contributed by atoms with van der Waals surface area (Å²) in [7, 11) is 0. The molecular formula is C12H22N2O. The fourth-order valence-corrected chi connectivity index (χ4v) is 1.12. The lowest BCUT2D eigenvalue weighted by Crippen LogP contribution is -2.51. The van der Waals surface area contributed by atoms with Crippen molar-refractivity contribution >= 4 is 5.91 Å². The van der Waals surface area contributed by atoms with Crippen LogP contribution in [0.4, 0.5) is 0 Å². The van der Waals surface area contributed by atoms with Crippen LogP contribution in [0.2, 0.25) is 0 Å². The van der Waals surface area contributed by atoms with Gasteiger partial charge in [-0.3, -0.25) is 4.79 Å². The molecule has 3 heteroatoms. The van der Waals surface area contributed by atoms with Gasteiger partial charge in [-0.05, 0) is 11.8 Å². The molecule has 0 aromatic heterocycles. The van der Waals surface area contributed by atoms with Gasteiger partial charge in [-0.15, -0.1) is 12.3 Å². The monoisotopic (exact) mass is 210 g/mol. The molecule has 0 rings (SSSR count). The molecule has 1 amide bonds. The molecule has 1 unspecified atom stereocenters. The highest BCUT2D eigenvalue weighted by atomic mass is 16.2. The lowest BCUT2D eigenvalue weighted by atomic mass is 9.86. The van der Waals surface area contributed by atoms with Gasteiger partial charge in [-0.25, -0.2) is 0 Å². The largest absolute Gasteiger partial charge is 0.351 e. The van der Waals surface area contributed by atoms with Gasteiger partial charge in [0.25, 0.3) is 0 Å². The first-order chi connectivity index (χ1) is 6.82. The van der Waals surface area contributed by atoms with Crippen LogP contribution in [-0.4, -0.2) is 18.0 Å². The SMILES string of the molecule is C#CCC(CC)NC(=O)[C@@H](N)C(C)(C)C. The van der Waals surface area contributed by atoms with Gasteiger partial charge in [0.1, 0.15) is 0 Å². The lowest BCUT2D eigenvalue weighted by molar-refractivity contribution is -0.125. The van der Waals surface area contributed by atoms with Crippen molar-refractivity contribution in [2.45, 2.75) is 52.6 Å². The van der Waals surface area contributed by atoms with E-state index in [0.29, 0.717) is 6.42 Å². The second-order valence-electron chi connectivity index (χ2n) is 4.87. The Bertz CT molecular complexity index is 247. The molecule has 0 radical (unpaired) electrons. The first-order valence-corrected chi connectivity index (χ1v) is 5.32. The minimum atomic E-state index is -0.496. The standard InChI is InChI=1S/C12H22N2O/c1-6-8-9(7-2)14-11(15)10(13)12(3,4)5/h1,9-10H,7-8,13H2,2-5H3,(H,14,15)/t9?,10-/m1/s1. The Kier molecular flexibility index (Phi) is 5.38. The van der Waals surface area contributed by atoms with Crippen LogP contribution in [0.25, 0.3) is 0 Å². The molecule has 0 aromatic rings. The Morgan fingerprint density at radius 2 is 2.07 bits per heavy atom. The molecule has 0 fully saturated rings. The Morgan fingerprint density at radius 3 is 2.40 bits per heavy atom. The summed E-state index contributed by atoms with van der Waals surface area (Å²) in [5.41, 5.74) is 5.61. The number of hydrogen-bond donors (Lipinski definition) is 2. The van der Waals surface area contributed by atoms with Crippen molar-refractivity contribution in [3.63, 3.8) is 0 Å². The van der Waals surface area contributed by atoms with Crippen molar-refractivity contribution in [2.75, 3.05) is 0 Å². The van der Waals surface area contributed by atoms with Gasteiger partial charge in [0.15, 0.2) is 0 Å². The Balaban J connectivity index is 4.30. The van der Waals surface area contributed by atoms with Gasteiger partial charge >= 0.3 is 0 Å². The maximum atomic E-state index is 11.7. The molecule has 3 N–H and O–H groups in total. The van der Waals surface area contributed by atoms with E-state index in [1.165, 1.54) is 0 Å². The van der Waals surface area contributed by atoms with E-state index in [0.717, 1.165) is 6.42 Å². The summed E-state index contributed by atoms with van der Waals surface area (Å²) in [6, 6.07) is -0.458. The zero-order chi connectivity index (χ0) is 12.1. The van der Waals surface area contributed by atoms with Gasteiger partial charge in [-0.1, -0.05) is 27.7 Å². The van der Waals surface area contributed by atoms with Crippen molar-refractivity contribution in [1.29, 1.82) is 0 Å². The quantitative estimate of drug-likeness (QED) is 0.687. The Morgan fingerprint density at radius 1 is 1.53 bits per heavy atom. The van der Waals surface area contributed by atoms with Crippen LogP contribution in [0.1, 0.15) is 40.5 Å². The van der Waals surface area contributed by atoms with Crippen LogP contribution in [0.3, 0.4) is 0 Å². The van der Waals surface area contributed by atoms with Crippen LogP contribution in [0.5, 0.6) is 0 Å². The van der Waals surface area contributed by atoms with Crippen LogP contribution in [0.15, 0.2) is 0 Å². The van der Waals surface area contributed by atoms with Crippen molar-refractivity contribution in [3.05, 3.63) is 0 Å². The lowest BCUT2D eigenvalue weighted by Gasteiger charge is -2.27. The summed E-state index contributed by atoms with van der Waals surface area (Å²) in [5, 5.41) is 2.87. The second kappa shape index (κ2) is 5.77. The number of nitrogens with one attached hydrogen (secondary N) is 1. The summed E-state index contributed by atoms with van der Waals surface area (Å²) in [4.78, 5) is 11.7. The van der Waals surface area contributed by atoms with E-state index < -0.39 is 6.04 Å². The van der Waals surface area contributed by atoms with E-state index in [2.05, 4.69) is 11.2 Å². The van der Waals surface area contributed by atoms with E-state index in [4.69, 9.17) is 12.2 Å². The predicted octanol–water partition coefficient (Wildman–Crippen LogP) is 1.28. The summed E-state index contributed by atoms with van der Waals surface area (Å²) >= 11 is 0. The van der Waals surface area contributed by atoms with Gasteiger partial charge in [0.05, 0.1) is 6.04 Å². The summed E-state index contributed by atoms with van der Waals surface area (Å²) in [6.07, 6.45) is 6.59. The summed E-state index contributed by atoms with van der Waals surface area (Å²) in [5.74, 6) is 2.43. The van der Waals surface area contributed by atoms with E-state index in [9.17, 15) is 4.79 Å². The fourth-order valence-electron chi connectivity index (χ4n) is 1.12. The van der Waals surface area contributed by atoms with Crippen molar-refractivity contribution < 1.29 is 4.79 Å². The molecule has 2 atom stereocenters. The molecule has 0 aliphatic rings. The molecule has 0 aromatic carbocycles. The van der Waals surface area contributed by atoms with Crippen molar-refractivity contribution in [2.24, 2.45) is 11.1 Å². The molecule has 0 heterocycles. The van der Waals surface area contributed by atoms with Crippen LogP contribution in [-0.2, 0) is 4.79 Å². The number of carbonyl (C=O) groups is 1. The second-order valence-corrected chi connectivity index (χ2v) is 4.87. The summed E-state index contributed by atoms with van der Waals surface area (Å²) < 4.78 is 0. The highest BCUT2D eigenvalue weighted by Crippen LogP contribution is 2.17. The highest BCUT2D eigenvalue weighted by molar-refractivity contribution is 5.82. The molecule has 0 bridgehead atoms. The molecule has 0 aliphatic carbocycles. The molecular weight excluding hydrogens is 188 g/mol. The van der Waals surface area contributed by atoms with Crippen molar-refractivity contribution in [1.82, 2.24) is 5.32 Å². The minimum Gasteiger partial charge on any atom is -0.351 e. The Hall–Kier alpha value is -1.01. The third-order valence-electron chi connectivity index (χ3n) is 2.42. The highest BCUT2D eigenvalue weighted by Gasteiger charge is 2.28. The minimum absolute atomic E-state index is 0.0379. The number of carbonyl (C=O) groups excluding carboxylic acids is 1. The Labute approximate surface area is 92.8 Å². The molecule has 86 valence electrons. The van der Waals surface area contributed by atoms with E-state index in [1.807, 2.05) is 27.7 Å². The van der Waals surface area contributed by atoms with E-state index in [-0.39, 0.29) is 17.4 Å². The van der Waals surface area contributed by atoms with Gasteiger partial charge < -0.3 is 11.1 Å². The first-order valence-electron chi connectivity index (χ1n) is 5.32. The van der Waals surface area contributed by atoms with Gasteiger partial charge in [0, 0.05) is 12.5 Å². The molecule has 0 aliphatic heterocycles. The zero-order valence-corrected chi connectivity index (χ0v) is 10.1. The smallest absolute Gasteiger partial charge is 0.237 e. The van der Waals surface area contributed by atoms with Crippen molar-refractivity contribution in [3.8, 4) is 12.3 Å². The number of rotatable bonds is 4. The van der Waals surface area contributed by atoms with Gasteiger partial charge in [-0.2, -0.15) is 0 Å². The number of nitrogens with two attached hydrogens (primary N) is 1. The molecule has 0 saturated carbocycles. The number of hydrogen-bond acceptors (Lipinski definition) is 2. The van der Waals surface area contributed by atoms with E-state index in [1.54, 1.807) is 0 Å². The predicted molar refractivity (Wildman–Crippen MR) is 63.1 cm³/mol. The van der Waals surface area contributed by atoms with Crippen LogP contribution >= 0.6 is 0 Å². The average molecular weight is 210 g/mol. The number of amides is 1. The number of terminal acetylenes is 1. The fraction of sp³-hybridized carbons (Fsp3) is 0.750. The summed E-state index contributed by atoms with van der Waals surface area (Å²) in [6.45, 7) is 7.82. The molecule has 0 spiro atoms. The maximum Gasteiger partial charge on any atom is 0.237 e. The van der Waals surface area contributed by atoms with E-state index >= 15 is 0 Å². The first kappa shape index (κ1) is 14.0. The topological polar surface area (TPSA) is 55.1 Å². The van der Waals surface area contributed by atoms with Crippen LogP contribution < -0.4 is 11.1 Å². The third-order valence-corrected chi connectivity index (χ3v) is 2.42. The van der Waals surface area contributed by atoms with Gasteiger partial charge in [0.2, 0.25) is 5.91 Å². The molecule has 15 heavy (non-hydrogen) atoms. The van der Waals surface area contributed by atoms with Crippen LogP contribution in [0, 0.1) is 17.8 Å². The zero-order valence-electron chi connectivity index (χ0n) is 10.1. The average Bonchev–Trinajstić information content (AvgIpc) is 2.14. The maximum absolute atomic E-state index is 11.7.